The molecule has 4 nitrogen and oxygen atoms in total. The van der Waals surface area contributed by atoms with E-state index in [4.69, 9.17) is 4.74 Å². The molecule has 1 saturated heterocycles. The molecule has 0 radical (unpaired) electrons. The van der Waals surface area contributed by atoms with E-state index in [-0.39, 0.29) is 12.0 Å². The summed E-state index contributed by atoms with van der Waals surface area (Å²) in [5, 5.41) is 9.32. The van der Waals surface area contributed by atoms with E-state index in [1.54, 1.807) is 7.11 Å². The molecule has 0 amide bonds. The smallest absolute Gasteiger partial charge is 0.321 e. The van der Waals surface area contributed by atoms with Crippen LogP contribution in [0.25, 0.3) is 0 Å². The van der Waals surface area contributed by atoms with Crippen molar-refractivity contribution >= 4 is 5.97 Å². The Hall–Kier alpha value is -0.610. The van der Waals surface area contributed by atoms with E-state index in [2.05, 4.69) is 11.8 Å². The number of hydrogen-bond donors (Lipinski definition) is 1. The van der Waals surface area contributed by atoms with E-state index in [0.29, 0.717) is 12.1 Å². The van der Waals surface area contributed by atoms with Crippen LogP contribution in [0.1, 0.15) is 39.0 Å². The Kier molecular flexibility index (Phi) is 4.05. The number of methoxy groups -OCH3 is 1. The van der Waals surface area contributed by atoms with Crippen molar-refractivity contribution in [2.24, 2.45) is 5.92 Å². The molecule has 1 N–H and O–H groups in total. The molecule has 1 aliphatic heterocycles. The molecule has 1 aliphatic carbocycles. The zero-order valence-corrected chi connectivity index (χ0v) is 10.8. The number of ether oxygens (including phenoxy) is 1. The number of nitrogens with zero attached hydrogens (tertiary/aromatic N) is 1. The number of carboxylic acids is 1. The molecule has 98 valence electrons. The molecule has 0 aromatic heterocycles. The van der Waals surface area contributed by atoms with Gasteiger partial charge in [-0.3, -0.25) is 9.69 Å². The number of aliphatic carboxylic acids is 1. The molecule has 1 saturated carbocycles. The Balaban J connectivity index is 1.96. The summed E-state index contributed by atoms with van der Waals surface area (Å²) in [5.41, 5.74) is 0. The van der Waals surface area contributed by atoms with Crippen molar-refractivity contribution in [3.05, 3.63) is 0 Å². The largest absolute Gasteiger partial charge is 0.480 e. The molecule has 2 fully saturated rings. The first-order chi connectivity index (χ1) is 8.13. The lowest BCUT2D eigenvalue weighted by Crippen LogP contribution is -2.47. The molecule has 0 aromatic carbocycles. The van der Waals surface area contributed by atoms with Crippen LogP contribution >= 0.6 is 0 Å². The van der Waals surface area contributed by atoms with Gasteiger partial charge in [-0.25, -0.2) is 0 Å². The van der Waals surface area contributed by atoms with Crippen LogP contribution in [-0.2, 0) is 9.53 Å². The van der Waals surface area contributed by atoms with Crippen LogP contribution in [0.5, 0.6) is 0 Å². The number of rotatable bonds is 3. The van der Waals surface area contributed by atoms with Gasteiger partial charge in [0.1, 0.15) is 6.04 Å². The molecule has 2 unspecified atom stereocenters. The topological polar surface area (TPSA) is 49.8 Å². The second-order valence-electron chi connectivity index (χ2n) is 5.45. The highest BCUT2D eigenvalue weighted by Crippen LogP contribution is 2.32. The highest BCUT2D eigenvalue weighted by Gasteiger charge is 2.41. The quantitative estimate of drug-likeness (QED) is 0.817. The van der Waals surface area contributed by atoms with Crippen LogP contribution in [0.2, 0.25) is 0 Å². The number of carboxylic acid groups (broad SMARTS) is 1. The van der Waals surface area contributed by atoms with Gasteiger partial charge >= 0.3 is 5.97 Å². The van der Waals surface area contributed by atoms with Gasteiger partial charge in [0, 0.05) is 13.2 Å². The van der Waals surface area contributed by atoms with Crippen LogP contribution in [0.4, 0.5) is 0 Å². The van der Waals surface area contributed by atoms with E-state index < -0.39 is 5.97 Å². The Morgan fingerprint density at radius 3 is 2.41 bits per heavy atom. The first-order valence-corrected chi connectivity index (χ1v) is 6.64. The molecule has 4 heteroatoms. The minimum Gasteiger partial charge on any atom is -0.480 e. The minimum absolute atomic E-state index is 0.265. The maximum atomic E-state index is 11.3. The van der Waals surface area contributed by atoms with Crippen LogP contribution in [0.3, 0.4) is 0 Å². The predicted molar refractivity (Wildman–Crippen MR) is 65.0 cm³/mol. The molecule has 2 atom stereocenters. The van der Waals surface area contributed by atoms with Gasteiger partial charge in [-0.15, -0.1) is 0 Å². The van der Waals surface area contributed by atoms with Gasteiger partial charge < -0.3 is 9.84 Å². The van der Waals surface area contributed by atoms with Crippen molar-refractivity contribution in [3.63, 3.8) is 0 Å². The van der Waals surface area contributed by atoms with Gasteiger partial charge in [0.05, 0.1) is 6.10 Å². The average Bonchev–Trinajstić information content (AvgIpc) is 2.71. The first-order valence-electron chi connectivity index (χ1n) is 6.64. The number of hydrogen-bond acceptors (Lipinski definition) is 3. The zero-order valence-electron chi connectivity index (χ0n) is 10.8. The standard InChI is InChI=1S/C13H23NO3/c1-9-7-8-14(12(9)13(15)16)10-3-5-11(17-2)6-4-10/h9-12H,3-8H2,1-2H3,(H,15,16). The molecule has 0 spiro atoms. The summed E-state index contributed by atoms with van der Waals surface area (Å²) in [4.78, 5) is 13.5. The lowest BCUT2D eigenvalue weighted by Gasteiger charge is -2.36. The summed E-state index contributed by atoms with van der Waals surface area (Å²) in [5.74, 6) is -0.364. The summed E-state index contributed by atoms with van der Waals surface area (Å²) >= 11 is 0. The zero-order chi connectivity index (χ0) is 12.4. The Morgan fingerprint density at radius 2 is 1.88 bits per heavy atom. The SMILES string of the molecule is COC1CCC(N2CCC(C)C2C(=O)O)CC1. The normalized spacial score (nSPS) is 39.4. The fraction of sp³-hybridized carbons (Fsp3) is 0.923. The molecule has 2 aliphatic rings. The number of likely N-dealkylation sites (tertiary alicyclic amines) is 1. The maximum absolute atomic E-state index is 11.3. The van der Waals surface area contributed by atoms with Gasteiger partial charge in [-0.2, -0.15) is 0 Å². The fourth-order valence-electron chi connectivity index (χ4n) is 3.38. The molecule has 1 heterocycles. The second kappa shape index (κ2) is 5.36. The summed E-state index contributed by atoms with van der Waals surface area (Å²) in [6.07, 6.45) is 5.69. The van der Waals surface area contributed by atoms with Crippen molar-refractivity contribution in [3.8, 4) is 0 Å². The lowest BCUT2D eigenvalue weighted by atomic mass is 9.91. The van der Waals surface area contributed by atoms with Gasteiger partial charge in [0.2, 0.25) is 0 Å². The van der Waals surface area contributed by atoms with Crippen LogP contribution in [-0.4, -0.2) is 47.8 Å². The maximum Gasteiger partial charge on any atom is 0.321 e. The molecule has 2 rings (SSSR count). The fourth-order valence-corrected chi connectivity index (χ4v) is 3.38. The summed E-state index contributed by atoms with van der Waals surface area (Å²) in [7, 11) is 1.77. The van der Waals surface area contributed by atoms with Crippen LogP contribution < -0.4 is 0 Å². The monoisotopic (exact) mass is 241 g/mol. The summed E-state index contributed by atoms with van der Waals surface area (Å²) in [6, 6.07) is 0.187. The van der Waals surface area contributed by atoms with Gasteiger partial charge in [0.25, 0.3) is 0 Å². The van der Waals surface area contributed by atoms with Gasteiger partial charge in [-0.05, 0) is 44.6 Å². The van der Waals surface area contributed by atoms with Gasteiger partial charge in [0.15, 0.2) is 0 Å². The Labute approximate surface area is 103 Å². The van der Waals surface area contributed by atoms with Crippen molar-refractivity contribution in [2.45, 2.75) is 57.2 Å². The molecular formula is C13H23NO3. The molecule has 0 bridgehead atoms. The third kappa shape index (κ3) is 2.63. The number of carbonyl (C=O) groups is 1. The molecule has 17 heavy (non-hydrogen) atoms. The van der Waals surface area contributed by atoms with Crippen LogP contribution in [0.15, 0.2) is 0 Å². The van der Waals surface area contributed by atoms with Crippen molar-refractivity contribution < 1.29 is 14.6 Å². The third-order valence-corrected chi connectivity index (χ3v) is 4.44. The highest BCUT2D eigenvalue weighted by molar-refractivity contribution is 5.74. The summed E-state index contributed by atoms with van der Waals surface area (Å²) < 4.78 is 5.36. The minimum atomic E-state index is -0.649. The van der Waals surface area contributed by atoms with E-state index in [9.17, 15) is 9.90 Å². The first kappa shape index (κ1) is 12.8. The van der Waals surface area contributed by atoms with E-state index >= 15 is 0 Å². The van der Waals surface area contributed by atoms with E-state index in [1.807, 2.05) is 0 Å². The van der Waals surface area contributed by atoms with Crippen molar-refractivity contribution in [1.82, 2.24) is 4.90 Å². The highest BCUT2D eigenvalue weighted by atomic mass is 16.5. The second-order valence-corrected chi connectivity index (χ2v) is 5.45. The Morgan fingerprint density at radius 1 is 1.24 bits per heavy atom. The molecular weight excluding hydrogens is 218 g/mol. The van der Waals surface area contributed by atoms with E-state index in [1.165, 1.54) is 0 Å². The lowest BCUT2D eigenvalue weighted by molar-refractivity contribution is -0.144. The summed E-state index contributed by atoms with van der Waals surface area (Å²) in [6.45, 7) is 3.00. The van der Waals surface area contributed by atoms with Crippen LogP contribution in [0, 0.1) is 5.92 Å². The van der Waals surface area contributed by atoms with Gasteiger partial charge in [-0.1, -0.05) is 6.92 Å². The van der Waals surface area contributed by atoms with Crippen molar-refractivity contribution in [2.75, 3.05) is 13.7 Å². The Bertz CT molecular complexity index is 274. The molecule has 0 aromatic rings. The third-order valence-electron chi connectivity index (χ3n) is 4.44. The van der Waals surface area contributed by atoms with E-state index in [0.717, 1.165) is 38.6 Å². The average molecular weight is 241 g/mol. The van der Waals surface area contributed by atoms with Crippen molar-refractivity contribution in [1.29, 1.82) is 0 Å². The predicted octanol–water partition coefficient (Wildman–Crippen LogP) is 1.74.